The predicted octanol–water partition coefficient (Wildman–Crippen LogP) is 2.02. The minimum absolute atomic E-state index is 0.0485. The van der Waals surface area contributed by atoms with Crippen molar-refractivity contribution >= 4 is 5.69 Å². The standard InChI is InChI=1S/C14H20N4O/c1-3-18-10-11(9-16-18)14(8-15)17-12-5-4-6-13(7-12)19-2/h4-7,9-10,14,17H,3,8,15H2,1-2H3. The van der Waals surface area contributed by atoms with Crippen LogP contribution in [0.5, 0.6) is 5.75 Å². The van der Waals surface area contributed by atoms with E-state index in [1.54, 1.807) is 7.11 Å². The summed E-state index contributed by atoms with van der Waals surface area (Å²) < 4.78 is 7.10. The van der Waals surface area contributed by atoms with Crippen molar-refractivity contribution in [1.82, 2.24) is 9.78 Å². The number of nitrogens with zero attached hydrogens (tertiary/aromatic N) is 2. The van der Waals surface area contributed by atoms with Gasteiger partial charge in [-0.25, -0.2) is 0 Å². The number of hydrogen-bond donors (Lipinski definition) is 2. The molecule has 0 saturated heterocycles. The minimum atomic E-state index is 0.0485. The van der Waals surface area contributed by atoms with Gasteiger partial charge in [-0.2, -0.15) is 5.10 Å². The fourth-order valence-electron chi connectivity index (χ4n) is 1.92. The van der Waals surface area contributed by atoms with E-state index < -0.39 is 0 Å². The lowest BCUT2D eigenvalue weighted by Gasteiger charge is -2.17. The quantitative estimate of drug-likeness (QED) is 0.834. The second kappa shape index (κ2) is 6.24. The molecule has 0 aliphatic carbocycles. The van der Waals surface area contributed by atoms with Crippen LogP contribution in [0.4, 0.5) is 5.69 Å². The maximum atomic E-state index is 5.84. The highest BCUT2D eigenvalue weighted by molar-refractivity contribution is 5.49. The van der Waals surface area contributed by atoms with E-state index in [0.717, 1.165) is 23.5 Å². The number of aromatic nitrogens is 2. The Hall–Kier alpha value is -2.01. The first-order valence-electron chi connectivity index (χ1n) is 6.39. The highest BCUT2D eigenvalue weighted by Gasteiger charge is 2.11. The second-order valence-corrected chi connectivity index (χ2v) is 4.29. The van der Waals surface area contributed by atoms with Crippen molar-refractivity contribution in [3.63, 3.8) is 0 Å². The normalized spacial score (nSPS) is 12.2. The van der Waals surface area contributed by atoms with Gasteiger partial charge in [0.05, 0.1) is 19.3 Å². The van der Waals surface area contributed by atoms with Crippen molar-refractivity contribution in [3.05, 3.63) is 42.2 Å². The van der Waals surface area contributed by atoms with E-state index in [4.69, 9.17) is 10.5 Å². The second-order valence-electron chi connectivity index (χ2n) is 4.29. The summed E-state index contributed by atoms with van der Waals surface area (Å²) in [7, 11) is 1.66. The lowest BCUT2D eigenvalue weighted by atomic mass is 10.1. The van der Waals surface area contributed by atoms with Crippen LogP contribution in [-0.2, 0) is 6.54 Å². The van der Waals surface area contributed by atoms with E-state index in [9.17, 15) is 0 Å². The molecule has 19 heavy (non-hydrogen) atoms. The van der Waals surface area contributed by atoms with Crippen molar-refractivity contribution < 1.29 is 4.74 Å². The molecule has 3 N–H and O–H groups in total. The van der Waals surface area contributed by atoms with Crippen LogP contribution in [0.15, 0.2) is 36.7 Å². The summed E-state index contributed by atoms with van der Waals surface area (Å²) in [5.74, 6) is 0.824. The average Bonchev–Trinajstić information content (AvgIpc) is 2.93. The SMILES string of the molecule is CCn1cc(C(CN)Nc2cccc(OC)c2)cn1. The van der Waals surface area contributed by atoms with Crippen molar-refractivity contribution in [1.29, 1.82) is 0 Å². The van der Waals surface area contributed by atoms with Crippen LogP contribution in [0.2, 0.25) is 0 Å². The number of rotatable bonds is 6. The molecule has 1 aromatic carbocycles. The van der Waals surface area contributed by atoms with Gasteiger partial charge >= 0.3 is 0 Å². The summed E-state index contributed by atoms with van der Waals surface area (Å²) in [6, 6.07) is 7.86. The Balaban J connectivity index is 2.13. The van der Waals surface area contributed by atoms with Crippen LogP contribution >= 0.6 is 0 Å². The molecule has 0 saturated carbocycles. The number of nitrogens with two attached hydrogens (primary N) is 1. The van der Waals surface area contributed by atoms with E-state index >= 15 is 0 Å². The zero-order chi connectivity index (χ0) is 13.7. The van der Waals surface area contributed by atoms with Crippen LogP contribution in [0.3, 0.4) is 0 Å². The lowest BCUT2D eigenvalue weighted by Crippen LogP contribution is -2.20. The number of aryl methyl sites for hydroxylation is 1. The molecular formula is C14H20N4O. The van der Waals surface area contributed by atoms with Gasteiger partial charge in [0.2, 0.25) is 0 Å². The first kappa shape index (κ1) is 13.4. The molecular weight excluding hydrogens is 240 g/mol. The molecule has 1 aromatic heterocycles. The molecule has 1 heterocycles. The smallest absolute Gasteiger partial charge is 0.120 e. The molecule has 0 bridgehead atoms. The summed E-state index contributed by atoms with van der Waals surface area (Å²) in [5, 5.41) is 7.67. The van der Waals surface area contributed by atoms with E-state index in [-0.39, 0.29) is 6.04 Å². The molecule has 102 valence electrons. The van der Waals surface area contributed by atoms with Gasteiger partial charge in [-0.05, 0) is 19.1 Å². The Labute approximate surface area is 113 Å². The number of nitrogens with one attached hydrogen (secondary N) is 1. The Kier molecular flexibility index (Phi) is 4.41. The van der Waals surface area contributed by atoms with Gasteiger partial charge in [0.1, 0.15) is 5.75 Å². The molecule has 0 radical (unpaired) electrons. The van der Waals surface area contributed by atoms with Crippen molar-refractivity contribution in [2.45, 2.75) is 19.5 Å². The molecule has 1 unspecified atom stereocenters. The van der Waals surface area contributed by atoms with Crippen LogP contribution < -0.4 is 15.8 Å². The number of methoxy groups -OCH3 is 1. The lowest BCUT2D eigenvalue weighted by molar-refractivity contribution is 0.415. The van der Waals surface area contributed by atoms with Crippen molar-refractivity contribution in [2.24, 2.45) is 5.73 Å². The Morgan fingerprint density at radius 1 is 1.47 bits per heavy atom. The third-order valence-corrected chi connectivity index (χ3v) is 3.03. The summed E-state index contributed by atoms with van der Waals surface area (Å²) >= 11 is 0. The molecule has 0 fully saturated rings. The third-order valence-electron chi connectivity index (χ3n) is 3.03. The summed E-state index contributed by atoms with van der Waals surface area (Å²) in [5.41, 5.74) is 7.92. The Morgan fingerprint density at radius 3 is 2.95 bits per heavy atom. The van der Waals surface area contributed by atoms with E-state index in [1.165, 1.54) is 0 Å². The minimum Gasteiger partial charge on any atom is -0.497 e. The fourth-order valence-corrected chi connectivity index (χ4v) is 1.92. The Morgan fingerprint density at radius 2 is 2.32 bits per heavy atom. The summed E-state index contributed by atoms with van der Waals surface area (Å²) in [6.45, 7) is 3.42. The molecule has 0 amide bonds. The van der Waals surface area contributed by atoms with Crippen LogP contribution in [0.25, 0.3) is 0 Å². The van der Waals surface area contributed by atoms with Crippen LogP contribution in [0.1, 0.15) is 18.5 Å². The van der Waals surface area contributed by atoms with Crippen molar-refractivity contribution in [2.75, 3.05) is 19.0 Å². The average molecular weight is 260 g/mol. The highest BCUT2D eigenvalue weighted by Crippen LogP contribution is 2.22. The molecule has 2 aromatic rings. The zero-order valence-corrected chi connectivity index (χ0v) is 11.3. The fraction of sp³-hybridized carbons (Fsp3) is 0.357. The van der Waals surface area contributed by atoms with Gasteiger partial charge in [0, 0.05) is 36.6 Å². The molecule has 2 rings (SSSR count). The molecule has 0 aliphatic rings. The number of benzene rings is 1. The van der Waals surface area contributed by atoms with E-state index in [1.807, 2.05) is 41.3 Å². The molecule has 5 nitrogen and oxygen atoms in total. The monoisotopic (exact) mass is 260 g/mol. The Bertz CT molecular complexity index is 524. The zero-order valence-electron chi connectivity index (χ0n) is 11.3. The maximum absolute atomic E-state index is 5.84. The molecule has 0 spiro atoms. The van der Waals surface area contributed by atoms with Gasteiger partial charge < -0.3 is 15.8 Å². The van der Waals surface area contributed by atoms with Crippen molar-refractivity contribution in [3.8, 4) is 5.75 Å². The topological polar surface area (TPSA) is 65.1 Å². The highest BCUT2D eigenvalue weighted by atomic mass is 16.5. The summed E-state index contributed by atoms with van der Waals surface area (Å²) in [6.07, 6.45) is 3.87. The van der Waals surface area contributed by atoms with E-state index in [2.05, 4.69) is 17.3 Å². The molecule has 0 aliphatic heterocycles. The first-order valence-corrected chi connectivity index (χ1v) is 6.39. The summed E-state index contributed by atoms with van der Waals surface area (Å²) in [4.78, 5) is 0. The molecule has 1 atom stereocenters. The van der Waals surface area contributed by atoms with E-state index in [0.29, 0.717) is 6.54 Å². The van der Waals surface area contributed by atoms with Gasteiger partial charge in [0.25, 0.3) is 0 Å². The van der Waals surface area contributed by atoms with Gasteiger partial charge in [-0.3, -0.25) is 4.68 Å². The third kappa shape index (κ3) is 3.26. The van der Waals surface area contributed by atoms with Crippen LogP contribution in [0, 0.1) is 0 Å². The maximum Gasteiger partial charge on any atom is 0.120 e. The van der Waals surface area contributed by atoms with Gasteiger partial charge in [-0.15, -0.1) is 0 Å². The number of ether oxygens (including phenoxy) is 1. The predicted molar refractivity (Wildman–Crippen MR) is 76.3 cm³/mol. The molecule has 5 heteroatoms. The van der Waals surface area contributed by atoms with Gasteiger partial charge in [0.15, 0.2) is 0 Å². The van der Waals surface area contributed by atoms with Gasteiger partial charge in [-0.1, -0.05) is 6.07 Å². The van der Waals surface area contributed by atoms with Crippen LogP contribution in [-0.4, -0.2) is 23.4 Å². The number of anilines is 1. The number of hydrogen-bond acceptors (Lipinski definition) is 4. The first-order chi connectivity index (χ1) is 9.26. The largest absolute Gasteiger partial charge is 0.497 e.